The fourth-order valence-corrected chi connectivity index (χ4v) is 3.99. The van der Waals surface area contributed by atoms with Crippen molar-refractivity contribution in [3.8, 4) is 0 Å². The van der Waals surface area contributed by atoms with E-state index in [1.807, 2.05) is 0 Å². The summed E-state index contributed by atoms with van der Waals surface area (Å²) in [5, 5.41) is 0. The second-order valence-electron chi connectivity index (χ2n) is 3.87. The highest BCUT2D eigenvalue weighted by molar-refractivity contribution is 14.1. The Morgan fingerprint density at radius 1 is 0.826 bits per heavy atom. The molecule has 0 unspecified atom stereocenters. The van der Waals surface area contributed by atoms with Gasteiger partial charge in [0.05, 0.1) is 0 Å². The average Bonchev–Trinajstić information content (AvgIpc) is 2.42. The van der Waals surface area contributed by atoms with E-state index >= 15 is 0 Å². The zero-order valence-electron chi connectivity index (χ0n) is 11.0. The Hall–Kier alpha value is 0.330. The third-order valence-corrected chi connectivity index (χ3v) is 6.80. The van der Waals surface area contributed by atoms with Gasteiger partial charge < -0.3 is 4.55 Å². The minimum absolute atomic E-state index is 0.00353. The van der Waals surface area contributed by atoms with Crippen molar-refractivity contribution in [3.63, 3.8) is 0 Å². The molecule has 0 spiro atoms. The highest BCUT2D eigenvalue weighted by Crippen LogP contribution is 2.20. The van der Waals surface area contributed by atoms with Gasteiger partial charge in [0.15, 0.2) is 17.3 Å². The van der Waals surface area contributed by atoms with Crippen molar-refractivity contribution in [3.05, 3.63) is 62.8 Å². The van der Waals surface area contributed by atoms with Gasteiger partial charge in [-0.3, -0.25) is 0 Å². The standard InChI is InChI=1S/C12H8I3.CHF3O3S/c13-9-1-5-11(6-2-9)15-12-7-3-10(14)4-8-12;2-1(3,4)8(5,6)7/h1-8H;(H,5,6,7)/q+1;/p-1. The van der Waals surface area contributed by atoms with Crippen LogP contribution in [0.1, 0.15) is 0 Å². The van der Waals surface area contributed by atoms with E-state index in [0.29, 0.717) is 0 Å². The Morgan fingerprint density at radius 3 is 1.30 bits per heavy atom. The maximum absolute atomic E-state index is 10.7. The molecule has 0 aliphatic heterocycles. The maximum Gasteiger partial charge on any atom is 0.485 e. The summed E-state index contributed by atoms with van der Waals surface area (Å²) in [5.74, 6) is 0. The van der Waals surface area contributed by atoms with Crippen molar-refractivity contribution >= 4 is 55.3 Å². The second-order valence-corrected chi connectivity index (χ2v) is 10.8. The summed E-state index contributed by atoms with van der Waals surface area (Å²) in [6.45, 7) is 0. The van der Waals surface area contributed by atoms with Crippen molar-refractivity contribution in [2.75, 3.05) is 0 Å². The molecule has 2 aromatic rings. The number of alkyl halides is 3. The lowest BCUT2D eigenvalue weighted by molar-refractivity contribution is -0.597. The van der Waals surface area contributed by atoms with Crippen LogP contribution in [0, 0.1) is 14.3 Å². The smallest absolute Gasteiger partial charge is 0.485 e. The predicted molar refractivity (Wildman–Crippen MR) is 91.5 cm³/mol. The first-order valence-electron chi connectivity index (χ1n) is 5.67. The zero-order valence-corrected chi connectivity index (χ0v) is 18.3. The molecule has 0 radical (unpaired) electrons. The zero-order chi connectivity index (χ0) is 17.7. The van der Waals surface area contributed by atoms with Crippen LogP contribution in [-0.4, -0.2) is 18.5 Å². The molecule has 0 aromatic heterocycles. The topological polar surface area (TPSA) is 57.2 Å². The molecule has 0 bridgehead atoms. The molecular formula is C13H8F3I3O3S. The monoisotopic (exact) mass is 682 g/mol. The van der Waals surface area contributed by atoms with Crippen molar-refractivity contribution in [2.45, 2.75) is 5.51 Å². The lowest BCUT2D eigenvalue weighted by Gasteiger charge is -2.08. The largest absolute Gasteiger partial charge is 0.741 e. The van der Waals surface area contributed by atoms with Crippen LogP contribution < -0.4 is 21.2 Å². The number of hydrogen-bond donors (Lipinski definition) is 0. The van der Waals surface area contributed by atoms with Gasteiger partial charge in [-0.05, 0) is 93.7 Å². The minimum atomic E-state index is -6.09. The van der Waals surface area contributed by atoms with Crippen molar-refractivity contribution < 1.29 is 47.3 Å². The summed E-state index contributed by atoms with van der Waals surface area (Å²) in [6, 6.07) is 17.7. The van der Waals surface area contributed by atoms with E-state index in [9.17, 15) is 13.2 Å². The Bertz CT molecular complexity index is 686. The molecule has 0 N–H and O–H groups in total. The van der Waals surface area contributed by atoms with E-state index in [0.717, 1.165) is 0 Å². The van der Waals surface area contributed by atoms with Gasteiger partial charge in [0.25, 0.3) is 0 Å². The molecular weight excluding hydrogens is 674 g/mol. The van der Waals surface area contributed by atoms with E-state index < -0.39 is 15.6 Å². The highest BCUT2D eigenvalue weighted by atomic mass is 127. The van der Waals surface area contributed by atoms with Crippen LogP contribution in [0.4, 0.5) is 13.2 Å². The first kappa shape index (κ1) is 21.4. The van der Waals surface area contributed by atoms with Gasteiger partial charge in [0.2, 0.25) is 0 Å². The summed E-state index contributed by atoms with van der Waals surface area (Å²) in [4.78, 5) is 0. The normalized spacial score (nSPS) is 11.6. The van der Waals surface area contributed by atoms with Crippen LogP contribution in [0.15, 0.2) is 48.5 Å². The van der Waals surface area contributed by atoms with E-state index in [1.54, 1.807) is 0 Å². The summed E-state index contributed by atoms with van der Waals surface area (Å²) < 4.78 is 64.5. The number of hydrogen-bond acceptors (Lipinski definition) is 3. The van der Waals surface area contributed by atoms with Gasteiger partial charge in [-0.1, -0.05) is 0 Å². The molecule has 0 aliphatic carbocycles. The van der Waals surface area contributed by atoms with Crippen LogP contribution in [0.3, 0.4) is 0 Å². The summed E-state index contributed by atoms with van der Waals surface area (Å²) in [7, 11) is -6.09. The molecule has 0 aliphatic rings. The molecule has 10 heteroatoms. The molecule has 3 nitrogen and oxygen atoms in total. The number of halogens is 6. The lowest BCUT2D eigenvalue weighted by Crippen LogP contribution is -3.61. The highest BCUT2D eigenvalue weighted by Gasteiger charge is 2.36. The van der Waals surface area contributed by atoms with Gasteiger partial charge in [0.1, 0.15) is 0 Å². The molecule has 0 heterocycles. The van der Waals surface area contributed by atoms with Gasteiger partial charge >= 0.3 is 26.7 Å². The summed E-state index contributed by atoms with van der Waals surface area (Å²) in [6.07, 6.45) is 0. The van der Waals surface area contributed by atoms with Crippen LogP contribution in [0.2, 0.25) is 0 Å². The molecule has 0 saturated heterocycles. The maximum atomic E-state index is 10.7. The predicted octanol–water partition coefficient (Wildman–Crippen LogP) is 1.08. The number of rotatable bonds is 2. The molecule has 0 atom stereocenters. The molecule has 126 valence electrons. The average molecular weight is 682 g/mol. The van der Waals surface area contributed by atoms with Gasteiger partial charge in [-0.2, -0.15) is 13.2 Å². The van der Waals surface area contributed by atoms with Gasteiger partial charge in [0, 0.05) is 7.14 Å². The lowest BCUT2D eigenvalue weighted by atomic mass is 10.4. The van der Waals surface area contributed by atoms with E-state index in [2.05, 4.69) is 93.7 Å². The van der Waals surface area contributed by atoms with Crippen molar-refractivity contribution in [1.29, 1.82) is 0 Å². The Balaban J connectivity index is 0.000000284. The quantitative estimate of drug-likeness (QED) is 0.271. The molecule has 0 saturated carbocycles. The fourth-order valence-electron chi connectivity index (χ4n) is 1.11. The first-order chi connectivity index (χ1) is 10.5. The fraction of sp³-hybridized carbons (Fsp3) is 0.0769. The molecule has 2 aromatic carbocycles. The third kappa shape index (κ3) is 8.31. The van der Waals surface area contributed by atoms with Gasteiger partial charge in [-0.25, -0.2) is 8.42 Å². The van der Waals surface area contributed by atoms with Crippen molar-refractivity contribution in [1.82, 2.24) is 0 Å². The van der Waals surface area contributed by atoms with Crippen molar-refractivity contribution in [2.24, 2.45) is 0 Å². The van der Waals surface area contributed by atoms with Crippen LogP contribution >= 0.6 is 45.2 Å². The van der Waals surface area contributed by atoms with Crippen LogP contribution in [0.5, 0.6) is 0 Å². The summed E-state index contributed by atoms with van der Waals surface area (Å²) >= 11 is 4.68. The Morgan fingerprint density at radius 2 is 1.09 bits per heavy atom. The first-order valence-corrected chi connectivity index (χ1v) is 11.4. The second kappa shape index (κ2) is 9.15. The molecule has 2 rings (SSSR count). The molecule has 0 fully saturated rings. The molecule has 23 heavy (non-hydrogen) atoms. The van der Waals surface area contributed by atoms with E-state index in [-0.39, 0.29) is 21.2 Å². The molecule has 0 amide bonds. The van der Waals surface area contributed by atoms with E-state index in [4.69, 9.17) is 13.0 Å². The minimum Gasteiger partial charge on any atom is -0.741 e. The van der Waals surface area contributed by atoms with Crippen LogP contribution in [0.25, 0.3) is 0 Å². The third-order valence-electron chi connectivity index (χ3n) is 2.11. The number of benzene rings is 2. The Kier molecular flexibility index (Phi) is 8.50. The summed E-state index contributed by atoms with van der Waals surface area (Å²) in [5.41, 5.74) is -5.65. The SMILES string of the molecule is Ic1ccc([I+]c2ccc(I)cc2)cc1.O=S(=O)([O-])C(F)(F)F. The van der Waals surface area contributed by atoms with Gasteiger partial charge in [-0.15, -0.1) is 0 Å². The van der Waals surface area contributed by atoms with E-state index in [1.165, 1.54) is 14.3 Å². The van der Waals surface area contributed by atoms with Crippen LogP contribution in [-0.2, 0) is 10.1 Å². The Labute approximate surface area is 169 Å².